The van der Waals surface area contributed by atoms with Gasteiger partial charge in [0.15, 0.2) is 0 Å². The maximum absolute atomic E-state index is 8.51. The Kier molecular flexibility index (Phi) is 11.9. The quantitative estimate of drug-likeness (QED) is 0.330. The molecular formula is C6H12NaO2. The van der Waals surface area contributed by atoms with Gasteiger partial charge in [0.25, 0.3) is 0 Å². The molecule has 9 heavy (non-hydrogen) atoms. The van der Waals surface area contributed by atoms with Crippen LogP contribution in [-0.4, -0.2) is 54.0 Å². The van der Waals surface area contributed by atoms with E-state index in [0.717, 1.165) is 0 Å². The first-order chi connectivity index (χ1) is 3.77. The van der Waals surface area contributed by atoms with Crippen molar-refractivity contribution in [2.24, 2.45) is 0 Å². The Balaban J connectivity index is 0. The average molecular weight is 139 g/mol. The average Bonchev–Trinajstić information content (AvgIpc) is 1.66. The van der Waals surface area contributed by atoms with Gasteiger partial charge in [0, 0.05) is 0 Å². The van der Waals surface area contributed by atoms with Gasteiger partial charge in [0.05, 0.1) is 19.3 Å². The van der Waals surface area contributed by atoms with E-state index in [1.807, 2.05) is 0 Å². The van der Waals surface area contributed by atoms with Gasteiger partial charge in [0.1, 0.15) is 0 Å². The Morgan fingerprint density at radius 3 is 2.56 bits per heavy atom. The molecule has 0 heterocycles. The van der Waals surface area contributed by atoms with Crippen LogP contribution in [0.25, 0.3) is 0 Å². The van der Waals surface area contributed by atoms with Crippen LogP contribution in [0, 0.1) is 6.92 Å². The summed E-state index contributed by atoms with van der Waals surface area (Å²) < 4.78 is 4.81. The van der Waals surface area contributed by atoms with E-state index in [9.17, 15) is 0 Å². The predicted molar refractivity (Wildman–Crippen MR) is 39.5 cm³/mol. The number of hydrogen-bond donors (Lipinski definition) is 1. The second-order valence-electron chi connectivity index (χ2n) is 1.48. The zero-order chi connectivity index (χ0) is 6.41. The summed E-state index contributed by atoms with van der Waals surface area (Å²) in [6.07, 6.45) is 1.01. The summed E-state index contributed by atoms with van der Waals surface area (Å²) in [5, 5.41) is 8.51. The fraction of sp³-hybridized carbons (Fsp3) is 0.500. The van der Waals surface area contributed by atoms with E-state index >= 15 is 0 Å². The van der Waals surface area contributed by atoms with Crippen molar-refractivity contribution in [3.63, 3.8) is 0 Å². The van der Waals surface area contributed by atoms with E-state index in [1.165, 1.54) is 0 Å². The molecule has 49 valence electrons. The van der Waals surface area contributed by atoms with Crippen LogP contribution in [0.3, 0.4) is 0 Å². The first kappa shape index (κ1) is 12.3. The van der Waals surface area contributed by atoms with Gasteiger partial charge in [-0.25, -0.2) is 0 Å². The Bertz CT molecular complexity index is 64.1. The fourth-order valence-electron chi connectivity index (χ4n) is 0.287. The van der Waals surface area contributed by atoms with E-state index in [0.29, 0.717) is 6.61 Å². The van der Waals surface area contributed by atoms with Crippen LogP contribution in [0.1, 0.15) is 0 Å². The topological polar surface area (TPSA) is 29.5 Å². The van der Waals surface area contributed by atoms with Crippen LogP contribution in [0.4, 0.5) is 0 Å². The van der Waals surface area contributed by atoms with Gasteiger partial charge < -0.3 is 9.84 Å². The number of hydrogen-bond acceptors (Lipinski definition) is 2. The van der Waals surface area contributed by atoms with Crippen molar-refractivity contribution < 1.29 is 9.84 Å². The molecule has 0 saturated carbocycles. The van der Waals surface area contributed by atoms with Gasteiger partial charge in [0.2, 0.25) is 0 Å². The Hall–Kier alpha value is 0.660. The van der Waals surface area contributed by atoms with Gasteiger partial charge in [-0.1, -0.05) is 6.08 Å². The molecule has 0 aliphatic heterocycles. The number of aliphatic hydroxyl groups excluding tert-OH is 1. The monoisotopic (exact) mass is 139 g/mol. The van der Waals surface area contributed by atoms with Crippen LogP contribution < -0.4 is 0 Å². The molecule has 0 amide bonds. The van der Waals surface area contributed by atoms with Crippen LogP contribution >= 0.6 is 0 Å². The summed E-state index contributed by atoms with van der Waals surface area (Å²) >= 11 is 0. The van der Waals surface area contributed by atoms with Crippen molar-refractivity contribution in [2.75, 3.05) is 13.2 Å². The third-order valence-corrected chi connectivity index (χ3v) is 0.546. The van der Waals surface area contributed by atoms with Crippen LogP contribution in [0.2, 0.25) is 0 Å². The molecule has 0 bridgehead atoms. The molecule has 3 heteroatoms. The number of rotatable bonds is 4. The molecule has 1 atom stereocenters. The van der Waals surface area contributed by atoms with Crippen molar-refractivity contribution in [3.8, 4) is 0 Å². The molecule has 0 fully saturated rings. The van der Waals surface area contributed by atoms with E-state index < -0.39 is 6.10 Å². The van der Waals surface area contributed by atoms with Crippen molar-refractivity contribution in [1.82, 2.24) is 0 Å². The molecule has 1 unspecified atom stereocenters. The van der Waals surface area contributed by atoms with Crippen LogP contribution in [0.15, 0.2) is 12.7 Å². The summed E-state index contributed by atoms with van der Waals surface area (Å²) in [6.45, 7) is 7.50. The van der Waals surface area contributed by atoms with Crippen molar-refractivity contribution in [3.05, 3.63) is 19.6 Å². The predicted octanol–water partition coefficient (Wildman–Crippen LogP) is -0.265. The molecule has 0 aromatic heterocycles. The van der Waals surface area contributed by atoms with Gasteiger partial charge in [-0.05, 0) is 6.92 Å². The SMILES string of the molecule is [CH2]C(O)COCC=C.[NaH]. The van der Waals surface area contributed by atoms with Gasteiger partial charge in [-0.15, -0.1) is 6.58 Å². The normalized spacial score (nSPS) is 11.8. The summed E-state index contributed by atoms with van der Waals surface area (Å²) in [5.74, 6) is 0. The molecule has 1 radical (unpaired) electrons. The minimum absolute atomic E-state index is 0. The zero-order valence-electron chi connectivity index (χ0n) is 4.84. The molecule has 2 nitrogen and oxygen atoms in total. The molecule has 0 aromatic carbocycles. The fourth-order valence-corrected chi connectivity index (χ4v) is 0.287. The molecule has 0 rings (SSSR count). The third kappa shape index (κ3) is 12.0. The van der Waals surface area contributed by atoms with Gasteiger partial charge >= 0.3 is 29.6 Å². The van der Waals surface area contributed by atoms with E-state index in [1.54, 1.807) is 6.08 Å². The second-order valence-corrected chi connectivity index (χ2v) is 1.48. The van der Waals surface area contributed by atoms with Crippen molar-refractivity contribution in [2.45, 2.75) is 6.10 Å². The van der Waals surface area contributed by atoms with Gasteiger partial charge in [-0.3, -0.25) is 0 Å². The summed E-state index contributed by atoms with van der Waals surface area (Å²) in [5.41, 5.74) is 0. The number of aliphatic hydroxyl groups is 1. The first-order valence-corrected chi connectivity index (χ1v) is 2.47. The maximum atomic E-state index is 8.51. The standard InChI is InChI=1S/C6H11O2.Na.H/c1-3-4-8-5-6(2)7;;/h3,6-7H,1-2,4-5H2;;. The van der Waals surface area contributed by atoms with Crippen LogP contribution in [-0.2, 0) is 4.74 Å². The molecule has 0 aromatic rings. The molecule has 0 saturated heterocycles. The van der Waals surface area contributed by atoms with E-state index in [-0.39, 0.29) is 36.2 Å². The Morgan fingerprint density at radius 1 is 1.67 bits per heavy atom. The van der Waals surface area contributed by atoms with Crippen molar-refractivity contribution >= 4 is 29.6 Å². The van der Waals surface area contributed by atoms with E-state index in [4.69, 9.17) is 9.84 Å². The Labute approximate surface area is 78.2 Å². The molecule has 0 aliphatic rings. The minimum atomic E-state index is -0.616. The second kappa shape index (κ2) is 8.66. The summed E-state index contributed by atoms with van der Waals surface area (Å²) in [6, 6.07) is 0. The molecular weight excluding hydrogens is 127 g/mol. The first-order valence-electron chi connectivity index (χ1n) is 2.47. The molecule has 0 aliphatic carbocycles. The Morgan fingerprint density at radius 2 is 2.22 bits per heavy atom. The zero-order valence-corrected chi connectivity index (χ0v) is 4.84. The third-order valence-electron chi connectivity index (χ3n) is 0.546. The summed E-state index contributed by atoms with van der Waals surface area (Å²) in [7, 11) is 0. The summed E-state index contributed by atoms with van der Waals surface area (Å²) in [4.78, 5) is 0. The van der Waals surface area contributed by atoms with Gasteiger partial charge in [-0.2, -0.15) is 0 Å². The molecule has 0 spiro atoms. The van der Waals surface area contributed by atoms with E-state index in [2.05, 4.69) is 13.5 Å². The van der Waals surface area contributed by atoms with Crippen LogP contribution in [0.5, 0.6) is 0 Å². The molecule has 1 N–H and O–H groups in total. The number of ether oxygens (including phenoxy) is 1. The van der Waals surface area contributed by atoms with Crippen molar-refractivity contribution in [1.29, 1.82) is 0 Å².